The number of rotatable bonds is 10. The molecule has 0 heterocycles. The van der Waals surface area contributed by atoms with Crippen LogP contribution in [0.2, 0.25) is 0 Å². The molecule has 144 valence electrons. The van der Waals surface area contributed by atoms with Crippen LogP contribution in [0.1, 0.15) is 29.8 Å². The fourth-order valence-electron chi connectivity index (χ4n) is 2.35. The van der Waals surface area contributed by atoms with Crippen molar-refractivity contribution < 1.29 is 28.5 Å². The molecule has 0 saturated heterocycles. The summed E-state index contributed by atoms with van der Waals surface area (Å²) in [5, 5.41) is 0. The van der Waals surface area contributed by atoms with Gasteiger partial charge in [0.05, 0.1) is 7.11 Å². The van der Waals surface area contributed by atoms with E-state index in [1.165, 1.54) is 19.6 Å². The molecule has 0 amide bonds. The SMILES string of the molecule is CCc1cccc(OCCOC(=O)COc2ccc(C(C)=O)cc2OC)c1. The molecule has 2 rings (SSSR count). The first-order chi connectivity index (χ1) is 13.0. The monoisotopic (exact) mass is 372 g/mol. The summed E-state index contributed by atoms with van der Waals surface area (Å²) < 4.78 is 21.3. The summed E-state index contributed by atoms with van der Waals surface area (Å²) in [5.41, 5.74) is 1.69. The van der Waals surface area contributed by atoms with E-state index < -0.39 is 5.97 Å². The summed E-state index contributed by atoms with van der Waals surface area (Å²) >= 11 is 0. The fourth-order valence-corrected chi connectivity index (χ4v) is 2.35. The van der Waals surface area contributed by atoms with Gasteiger partial charge in [-0.25, -0.2) is 4.79 Å². The molecular formula is C21H24O6. The van der Waals surface area contributed by atoms with Crippen LogP contribution in [0.4, 0.5) is 0 Å². The molecule has 0 aliphatic rings. The molecule has 0 N–H and O–H groups in total. The molecule has 6 nitrogen and oxygen atoms in total. The highest BCUT2D eigenvalue weighted by molar-refractivity contribution is 5.94. The second-order valence-electron chi connectivity index (χ2n) is 5.78. The van der Waals surface area contributed by atoms with E-state index in [2.05, 4.69) is 6.92 Å². The van der Waals surface area contributed by atoms with Crippen LogP contribution in [0.3, 0.4) is 0 Å². The first kappa shape index (κ1) is 20.3. The van der Waals surface area contributed by atoms with Crippen molar-refractivity contribution in [1.82, 2.24) is 0 Å². The zero-order chi connectivity index (χ0) is 19.6. The second kappa shape index (κ2) is 10.2. The third-order valence-corrected chi connectivity index (χ3v) is 3.84. The van der Waals surface area contributed by atoms with Gasteiger partial charge in [-0.15, -0.1) is 0 Å². The Labute approximate surface area is 159 Å². The zero-order valence-corrected chi connectivity index (χ0v) is 15.8. The number of carbonyl (C=O) groups is 2. The zero-order valence-electron chi connectivity index (χ0n) is 15.8. The van der Waals surface area contributed by atoms with Gasteiger partial charge in [-0.05, 0) is 49.2 Å². The Balaban J connectivity index is 1.75. The highest BCUT2D eigenvalue weighted by Gasteiger charge is 2.11. The molecule has 0 aromatic heterocycles. The maximum Gasteiger partial charge on any atom is 0.344 e. The van der Waals surface area contributed by atoms with Crippen molar-refractivity contribution >= 4 is 11.8 Å². The molecule has 0 spiro atoms. The van der Waals surface area contributed by atoms with Gasteiger partial charge < -0.3 is 18.9 Å². The molecule has 0 unspecified atom stereocenters. The molecule has 2 aromatic rings. The van der Waals surface area contributed by atoms with Gasteiger partial charge >= 0.3 is 5.97 Å². The van der Waals surface area contributed by atoms with Crippen LogP contribution in [0.25, 0.3) is 0 Å². The minimum absolute atomic E-state index is 0.0799. The Hall–Kier alpha value is -3.02. The fraction of sp³-hybridized carbons (Fsp3) is 0.333. The summed E-state index contributed by atoms with van der Waals surface area (Å²) in [4.78, 5) is 23.2. The lowest BCUT2D eigenvalue weighted by Gasteiger charge is -2.12. The van der Waals surface area contributed by atoms with Gasteiger partial charge in [0.25, 0.3) is 0 Å². The van der Waals surface area contributed by atoms with Crippen molar-refractivity contribution in [2.75, 3.05) is 26.9 Å². The topological polar surface area (TPSA) is 71.1 Å². The molecule has 6 heteroatoms. The van der Waals surface area contributed by atoms with Crippen molar-refractivity contribution in [1.29, 1.82) is 0 Å². The predicted octanol–water partition coefficient (Wildman–Crippen LogP) is 3.46. The van der Waals surface area contributed by atoms with Gasteiger partial charge in [0.1, 0.15) is 19.0 Å². The summed E-state index contributed by atoms with van der Waals surface area (Å²) in [5.74, 6) is 0.904. The van der Waals surface area contributed by atoms with E-state index in [9.17, 15) is 9.59 Å². The number of ether oxygens (including phenoxy) is 4. The van der Waals surface area contributed by atoms with Crippen LogP contribution in [0.15, 0.2) is 42.5 Å². The van der Waals surface area contributed by atoms with E-state index >= 15 is 0 Å². The molecule has 2 aromatic carbocycles. The largest absolute Gasteiger partial charge is 0.493 e. The van der Waals surface area contributed by atoms with Gasteiger partial charge in [0, 0.05) is 5.56 Å². The van der Waals surface area contributed by atoms with Gasteiger partial charge in [-0.2, -0.15) is 0 Å². The van der Waals surface area contributed by atoms with Crippen LogP contribution in [0, 0.1) is 0 Å². The van der Waals surface area contributed by atoms with Gasteiger partial charge in [0.2, 0.25) is 0 Å². The summed E-state index contributed by atoms with van der Waals surface area (Å²) in [6.07, 6.45) is 0.931. The maximum atomic E-state index is 11.8. The summed E-state index contributed by atoms with van der Waals surface area (Å²) in [6, 6.07) is 12.6. The average Bonchev–Trinajstić information content (AvgIpc) is 2.69. The number of carbonyl (C=O) groups excluding carboxylic acids is 2. The molecule has 0 aliphatic carbocycles. The van der Waals surface area contributed by atoms with E-state index in [4.69, 9.17) is 18.9 Å². The predicted molar refractivity (Wildman–Crippen MR) is 101 cm³/mol. The van der Waals surface area contributed by atoms with E-state index in [1.807, 2.05) is 24.3 Å². The van der Waals surface area contributed by atoms with E-state index in [0.29, 0.717) is 17.1 Å². The molecule has 0 atom stereocenters. The van der Waals surface area contributed by atoms with E-state index in [-0.39, 0.29) is 25.6 Å². The van der Waals surface area contributed by atoms with E-state index in [0.717, 1.165) is 12.2 Å². The molecule has 0 bridgehead atoms. The number of esters is 1. The first-order valence-electron chi connectivity index (χ1n) is 8.72. The Morgan fingerprint density at radius 2 is 1.78 bits per heavy atom. The Morgan fingerprint density at radius 1 is 0.963 bits per heavy atom. The number of aryl methyl sites for hydroxylation is 1. The van der Waals surface area contributed by atoms with Crippen molar-refractivity contribution in [3.63, 3.8) is 0 Å². The number of ketones is 1. The van der Waals surface area contributed by atoms with Crippen molar-refractivity contribution in [3.05, 3.63) is 53.6 Å². The number of benzene rings is 2. The summed E-state index contributed by atoms with van der Waals surface area (Å²) in [6.45, 7) is 3.66. The van der Waals surface area contributed by atoms with Gasteiger partial charge in [0.15, 0.2) is 23.9 Å². The van der Waals surface area contributed by atoms with Crippen LogP contribution in [-0.2, 0) is 16.0 Å². The van der Waals surface area contributed by atoms with Gasteiger partial charge in [-0.1, -0.05) is 19.1 Å². The van der Waals surface area contributed by atoms with Crippen molar-refractivity contribution in [3.8, 4) is 17.2 Å². The number of methoxy groups -OCH3 is 1. The third-order valence-electron chi connectivity index (χ3n) is 3.84. The van der Waals surface area contributed by atoms with Crippen LogP contribution in [0.5, 0.6) is 17.2 Å². The normalized spacial score (nSPS) is 10.2. The van der Waals surface area contributed by atoms with Crippen LogP contribution < -0.4 is 14.2 Å². The number of hydrogen-bond acceptors (Lipinski definition) is 6. The first-order valence-corrected chi connectivity index (χ1v) is 8.72. The average molecular weight is 372 g/mol. The highest BCUT2D eigenvalue weighted by Crippen LogP contribution is 2.28. The Kier molecular flexibility index (Phi) is 7.67. The van der Waals surface area contributed by atoms with Crippen LogP contribution in [-0.4, -0.2) is 38.7 Å². The lowest BCUT2D eigenvalue weighted by atomic mass is 10.1. The molecular weight excluding hydrogens is 348 g/mol. The van der Waals surface area contributed by atoms with Crippen LogP contribution >= 0.6 is 0 Å². The molecule has 0 radical (unpaired) electrons. The number of hydrogen-bond donors (Lipinski definition) is 0. The van der Waals surface area contributed by atoms with Crippen molar-refractivity contribution in [2.24, 2.45) is 0 Å². The smallest absolute Gasteiger partial charge is 0.344 e. The quantitative estimate of drug-likeness (QED) is 0.361. The Morgan fingerprint density at radius 3 is 2.48 bits per heavy atom. The highest BCUT2D eigenvalue weighted by atomic mass is 16.6. The minimum atomic E-state index is -0.515. The minimum Gasteiger partial charge on any atom is -0.493 e. The number of Topliss-reactive ketones (excluding diaryl/α,β-unsaturated/α-hetero) is 1. The van der Waals surface area contributed by atoms with Gasteiger partial charge in [-0.3, -0.25) is 4.79 Å². The molecule has 0 fully saturated rings. The van der Waals surface area contributed by atoms with E-state index in [1.54, 1.807) is 18.2 Å². The second-order valence-corrected chi connectivity index (χ2v) is 5.78. The molecule has 27 heavy (non-hydrogen) atoms. The standard InChI is InChI=1S/C21H24O6/c1-4-16-6-5-7-18(12-16)25-10-11-26-21(23)14-27-19-9-8-17(15(2)22)13-20(19)24-3/h5-9,12-13H,4,10-11,14H2,1-3H3. The molecule has 0 saturated carbocycles. The molecule has 0 aliphatic heterocycles. The summed E-state index contributed by atoms with van der Waals surface area (Å²) in [7, 11) is 1.47. The third kappa shape index (κ3) is 6.33. The lowest BCUT2D eigenvalue weighted by Crippen LogP contribution is -2.18. The Bertz CT molecular complexity index is 784. The maximum absolute atomic E-state index is 11.8. The van der Waals surface area contributed by atoms with Crippen molar-refractivity contribution in [2.45, 2.75) is 20.3 Å². The lowest BCUT2D eigenvalue weighted by molar-refractivity contribution is -0.146.